The molecule has 0 saturated heterocycles. The predicted octanol–water partition coefficient (Wildman–Crippen LogP) is 25.9. The molecule has 25 heteroatoms. The third-order valence-electron chi connectivity index (χ3n) is 25.4. The summed E-state index contributed by atoms with van der Waals surface area (Å²) in [7, 11) is 12.9. The minimum Gasteiger partial charge on any atom is -0.494 e. The van der Waals surface area contributed by atoms with E-state index in [0.717, 1.165) is 228 Å². The van der Waals surface area contributed by atoms with Crippen molar-refractivity contribution in [2.24, 2.45) is 5.92 Å². The highest BCUT2D eigenvalue weighted by Crippen LogP contribution is 2.33. The van der Waals surface area contributed by atoms with Gasteiger partial charge in [0.1, 0.15) is 46.9 Å². The molecule has 17 rings (SSSR count). The van der Waals surface area contributed by atoms with Crippen molar-refractivity contribution >= 4 is 65.4 Å². The van der Waals surface area contributed by atoms with Gasteiger partial charge in [0.05, 0.1) is 98.4 Å². The van der Waals surface area contributed by atoms with Crippen LogP contribution in [-0.4, -0.2) is 203 Å². The SMILES string of the molecule is CCCCN(C)Cc1[nH]nc2ccc(OC(C)Cc3ccccc3)cc12.CCCCN(C)Cc1[nH]nc2ccc(OC3CCCC3)cc12.CCCCN(C)Cc1[nH]nc2ccc(OCCC(C)C)cc12.CCCCN(C)Cc1[nH]nc2ccc(OCCc3ccccc3)cc12.CCCCN(C)Cc1[nH]nc2ccc(OCc3ccccn3)cc12.CCCCN(C)Cc1[nH]nc2ccc(Oc3ccccc3)cc12. The molecule has 0 amide bonds. The lowest BCUT2D eigenvalue weighted by atomic mass is 10.1. The van der Waals surface area contributed by atoms with Crippen LogP contribution in [0.1, 0.15) is 222 Å². The van der Waals surface area contributed by atoms with Crippen LogP contribution in [0.15, 0.2) is 225 Å². The number of hydrogen-bond acceptors (Lipinski definition) is 19. The summed E-state index contributed by atoms with van der Waals surface area (Å²) in [6, 6.07) is 73.3. The van der Waals surface area contributed by atoms with Gasteiger partial charge in [-0.3, -0.25) is 35.6 Å². The molecule has 1 unspecified atom stereocenters. The fourth-order valence-electron chi connectivity index (χ4n) is 17.1. The zero-order valence-corrected chi connectivity index (χ0v) is 87.4. The zero-order chi connectivity index (χ0) is 100. The first-order valence-corrected chi connectivity index (χ1v) is 52.1. The summed E-state index contributed by atoms with van der Waals surface area (Å²) in [5.74, 6) is 6.92. The van der Waals surface area contributed by atoms with Crippen molar-refractivity contribution in [3.05, 3.63) is 276 Å². The number of nitrogens with one attached hydrogen (secondary N) is 6. The van der Waals surface area contributed by atoms with Crippen LogP contribution in [0.25, 0.3) is 65.4 Å². The molecule has 1 aliphatic carbocycles. The molecule has 0 bridgehead atoms. The highest BCUT2D eigenvalue weighted by molar-refractivity contribution is 5.87. The average molecular weight is 1930 g/mol. The molecule has 9 aromatic carbocycles. The van der Waals surface area contributed by atoms with E-state index >= 15 is 0 Å². The summed E-state index contributed by atoms with van der Waals surface area (Å²) in [5, 5.41) is 52.4. The maximum atomic E-state index is 6.17. The van der Waals surface area contributed by atoms with Crippen LogP contribution in [0.2, 0.25) is 0 Å². The first-order valence-electron chi connectivity index (χ1n) is 52.1. The van der Waals surface area contributed by atoms with Gasteiger partial charge in [-0.2, -0.15) is 30.6 Å². The lowest BCUT2D eigenvalue weighted by Gasteiger charge is -2.16. The maximum Gasteiger partial charge on any atom is 0.130 e. The van der Waals surface area contributed by atoms with Crippen LogP contribution in [0.3, 0.4) is 0 Å². The summed E-state index contributed by atoms with van der Waals surface area (Å²) >= 11 is 0. The Morgan fingerprint density at radius 2 is 0.641 bits per heavy atom. The van der Waals surface area contributed by atoms with Gasteiger partial charge < -0.3 is 57.8 Å². The summed E-state index contributed by atoms with van der Waals surface area (Å²) in [5.41, 5.74) is 16.4. The number of benzene rings is 9. The molecule has 0 radical (unpaired) electrons. The lowest BCUT2D eigenvalue weighted by molar-refractivity contribution is 0.210. The second-order valence-electron chi connectivity index (χ2n) is 38.6. The van der Waals surface area contributed by atoms with E-state index in [1.54, 1.807) is 6.20 Å². The van der Waals surface area contributed by atoms with Crippen molar-refractivity contribution in [1.29, 1.82) is 0 Å². The summed E-state index contributed by atoms with van der Waals surface area (Å²) in [6.07, 6.45) is 24.8. The summed E-state index contributed by atoms with van der Waals surface area (Å²) in [4.78, 5) is 18.3. The van der Waals surface area contributed by atoms with Gasteiger partial charge in [-0.15, -0.1) is 0 Å². The fourth-order valence-corrected chi connectivity index (χ4v) is 17.1. The van der Waals surface area contributed by atoms with Crippen molar-refractivity contribution in [1.82, 2.24) is 95.6 Å². The van der Waals surface area contributed by atoms with Gasteiger partial charge in [-0.05, 0) is 310 Å². The Hall–Kier alpha value is -12.5. The van der Waals surface area contributed by atoms with Gasteiger partial charge in [0.25, 0.3) is 0 Å². The molecule has 1 saturated carbocycles. The molecule has 7 heterocycles. The smallest absolute Gasteiger partial charge is 0.130 e. The van der Waals surface area contributed by atoms with E-state index in [2.05, 4.69) is 291 Å². The highest BCUT2D eigenvalue weighted by Gasteiger charge is 2.21. The van der Waals surface area contributed by atoms with E-state index in [1.807, 2.05) is 127 Å². The van der Waals surface area contributed by atoms with Crippen molar-refractivity contribution in [2.45, 2.75) is 242 Å². The Morgan fingerprint density at radius 3 is 1.01 bits per heavy atom. The molecule has 7 aromatic heterocycles. The molecule has 16 aromatic rings. The Labute approximate surface area is 843 Å². The Balaban J connectivity index is 0.000000152. The van der Waals surface area contributed by atoms with Gasteiger partial charge in [0.2, 0.25) is 0 Å². The van der Waals surface area contributed by atoms with E-state index in [4.69, 9.17) is 28.4 Å². The van der Waals surface area contributed by atoms with Crippen molar-refractivity contribution in [3.8, 4) is 40.2 Å². The number of hydrogen-bond donors (Lipinski definition) is 6. The van der Waals surface area contributed by atoms with Gasteiger partial charge in [-0.1, -0.05) is 179 Å². The number of fused-ring (bicyclic) bond motifs is 6. The van der Waals surface area contributed by atoms with Crippen LogP contribution in [0.4, 0.5) is 0 Å². The van der Waals surface area contributed by atoms with Crippen LogP contribution < -0.4 is 28.4 Å². The maximum absolute atomic E-state index is 6.17. The van der Waals surface area contributed by atoms with Crippen LogP contribution in [-0.2, 0) is 58.7 Å². The van der Waals surface area contributed by atoms with E-state index in [9.17, 15) is 0 Å². The summed E-state index contributed by atoms with van der Waals surface area (Å²) in [6.45, 7) is 33.7. The summed E-state index contributed by atoms with van der Waals surface area (Å²) < 4.78 is 35.9. The average Bonchev–Trinajstić information content (AvgIpc) is 1.66. The van der Waals surface area contributed by atoms with E-state index in [1.165, 1.54) is 136 Å². The third kappa shape index (κ3) is 35.6. The van der Waals surface area contributed by atoms with Gasteiger partial charge in [0, 0.05) is 90.6 Å². The molecular formula is C117H159N19O6. The zero-order valence-electron chi connectivity index (χ0n) is 87.4. The Morgan fingerprint density at radius 1 is 0.324 bits per heavy atom. The highest BCUT2D eigenvalue weighted by atomic mass is 16.5. The lowest BCUT2D eigenvalue weighted by Crippen LogP contribution is -2.19. The van der Waals surface area contributed by atoms with E-state index in [0.29, 0.717) is 25.2 Å². The fraction of sp³-hybridized carbons (Fsp3) is 0.444. The molecule has 142 heavy (non-hydrogen) atoms. The Kier molecular flexibility index (Phi) is 44.9. The molecule has 6 N–H and O–H groups in total. The number of aromatic amines is 6. The largest absolute Gasteiger partial charge is 0.494 e. The van der Waals surface area contributed by atoms with Crippen molar-refractivity contribution in [2.75, 3.05) is 94.8 Å². The number of H-pyrrole nitrogens is 6. The number of pyridine rings is 1. The molecule has 25 nitrogen and oxygen atoms in total. The van der Waals surface area contributed by atoms with Crippen molar-refractivity contribution in [3.63, 3.8) is 0 Å². The second-order valence-corrected chi connectivity index (χ2v) is 38.6. The first-order chi connectivity index (χ1) is 69.3. The van der Waals surface area contributed by atoms with Crippen LogP contribution in [0.5, 0.6) is 40.2 Å². The van der Waals surface area contributed by atoms with E-state index in [-0.39, 0.29) is 6.10 Å². The minimum atomic E-state index is 0.123. The minimum absolute atomic E-state index is 0.123. The number of para-hydroxylation sites is 1. The Bertz CT molecular complexity index is 6230. The second kappa shape index (κ2) is 58.8. The third-order valence-corrected chi connectivity index (χ3v) is 25.4. The van der Waals surface area contributed by atoms with Gasteiger partial charge >= 0.3 is 0 Å². The number of unbranched alkanes of at least 4 members (excludes halogenated alkanes) is 6. The number of nitrogens with zero attached hydrogens (tertiary/aromatic N) is 13. The number of ether oxygens (including phenoxy) is 6. The molecule has 0 spiro atoms. The predicted molar refractivity (Wildman–Crippen MR) is 583 cm³/mol. The standard InChI is InChI=1S/C22H29N3O.C21H27N3O.C19H24N4O.C19H23N3O.C18H27N3O.C18H29N3O/c1-4-5-13-25(3)16-22-20-15-19(11-12-21(20)23-24-22)26-17(2)14-18-9-7-6-8-10-18;1-3-4-13-24(2)16-21-19-15-18(10-11-20(19)22-23-21)25-14-12-17-8-6-5-7-9-17;1-3-4-11-23(2)13-19-17-12-16(8-9-18(17)21-22-19)24-14-15-7-5-6-10-20-15;1-3-4-12-22(2)14-19-17-13-16(10-11-18(17)20-21-19)23-15-8-6-5-7-9-15;1-3-4-11-21(2)13-18-16-12-15(9-10-17(16)19-20-18)22-14-7-5-6-8-14;1-5-6-10-21(4)13-18-16-12-15(22-11-9-14(2)3)7-8-17(16)19-20-18/h6-12,15,17H,4-5,13-14,16H2,1-3H3,(H,23,24);5-11,15H,3-4,12-14,16H2,1-2H3,(H,22,23);5-10,12H,3-4,11,13-14H2,1-2H3,(H,21,22);5-11,13H,3-4,12,14H2,1-2H3,(H,20,21);9-10,12,14H,3-8,11,13H2,1-2H3,(H,19,20);7-8,12,14H,5-6,9-11,13H2,1-4H3,(H,19,20). The molecule has 758 valence electrons. The number of rotatable bonds is 49. The van der Waals surface area contributed by atoms with Crippen molar-refractivity contribution < 1.29 is 28.4 Å². The molecule has 1 atom stereocenters. The van der Waals surface area contributed by atoms with Crippen LogP contribution >= 0.6 is 0 Å². The number of aromatic nitrogens is 13. The quantitative estimate of drug-likeness (QED) is 0.0207. The molecule has 1 aliphatic rings. The molecule has 1 fully saturated rings. The first kappa shape index (κ1) is 108. The van der Waals surface area contributed by atoms with Gasteiger partial charge in [0.15, 0.2) is 0 Å². The molecular weight excluding hydrogens is 1770 g/mol. The van der Waals surface area contributed by atoms with Crippen LogP contribution in [0, 0.1) is 5.92 Å². The topological polar surface area (TPSA) is 260 Å². The normalized spacial score (nSPS) is 12.3. The monoisotopic (exact) mass is 1930 g/mol. The molecule has 0 aliphatic heterocycles. The van der Waals surface area contributed by atoms with E-state index < -0.39 is 0 Å². The van der Waals surface area contributed by atoms with Gasteiger partial charge in [-0.25, -0.2) is 0 Å².